The summed E-state index contributed by atoms with van der Waals surface area (Å²) in [4.78, 5) is 23.1. The van der Waals surface area contributed by atoms with Crippen LogP contribution in [0.5, 0.6) is 17.4 Å². The van der Waals surface area contributed by atoms with Crippen molar-refractivity contribution in [3.05, 3.63) is 78.4 Å². The first kappa shape index (κ1) is 26.0. The van der Waals surface area contributed by atoms with Crippen molar-refractivity contribution in [2.75, 3.05) is 20.8 Å². The summed E-state index contributed by atoms with van der Waals surface area (Å²) in [6.45, 7) is 2.32. The van der Waals surface area contributed by atoms with Crippen LogP contribution in [0, 0.1) is 0 Å². The predicted octanol–water partition coefficient (Wildman–Crippen LogP) is 2.89. The minimum atomic E-state index is -2.98. The molecule has 0 bridgehead atoms. The molecule has 1 aromatic carbocycles. The zero-order chi connectivity index (χ0) is 27.4. The molecule has 0 amide bonds. The SMILES string of the molecule is CCOc1cccc(-c2nc3ncc(C(N[SH](=O)=O)c4ccccn4)nc3n2-c2c(OC)cccc2OC)n1. The molecule has 12 nitrogen and oxygen atoms in total. The first-order valence-electron chi connectivity index (χ1n) is 11.9. The summed E-state index contributed by atoms with van der Waals surface area (Å²) in [6, 6.07) is 15.1. The lowest BCUT2D eigenvalue weighted by atomic mass is 10.1. The first-order chi connectivity index (χ1) is 19.0. The van der Waals surface area contributed by atoms with E-state index in [0.29, 0.717) is 63.9 Å². The highest BCUT2D eigenvalue weighted by Gasteiger charge is 2.26. The van der Waals surface area contributed by atoms with Gasteiger partial charge in [0.15, 0.2) is 17.1 Å². The van der Waals surface area contributed by atoms with E-state index < -0.39 is 16.9 Å². The van der Waals surface area contributed by atoms with Crippen molar-refractivity contribution in [3.63, 3.8) is 0 Å². The summed E-state index contributed by atoms with van der Waals surface area (Å²) < 4.78 is 44.7. The normalized spacial score (nSPS) is 12.0. The number of imidazole rings is 1. The number of ether oxygens (including phenoxy) is 3. The van der Waals surface area contributed by atoms with E-state index in [1.54, 1.807) is 73.5 Å². The fourth-order valence-electron chi connectivity index (χ4n) is 4.14. The Morgan fingerprint density at radius 1 is 0.897 bits per heavy atom. The second kappa shape index (κ2) is 11.4. The van der Waals surface area contributed by atoms with E-state index in [9.17, 15) is 8.42 Å². The highest BCUT2D eigenvalue weighted by atomic mass is 32.2. The molecule has 13 heteroatoms. The average molecular weight is 548 g/mol. The molecule has 1 N–H and O–H groups in total. The third-order valence-corrected chi connectivity index (χ3v) is 6.24. The molecule has 0 saturated carbocycles. The molecule has 39 heavy (non-hydrogen) atoms. The van der Waals surface area contributed by atoms with Crippen LogP contribution in [0.15, 0.2) is 67.0 Å². The van der Waals surface area contributed by atoms with Gasteiger partial charge in [0, 0.05) is 12.3 Å². The van der Waals surface area contributed by atoms with Crippen molar-refractivity contribution in [3.8, 4) is 34.6 Å². The van der Waals surface area contributed by atoms with Gasteiger partial charge in [0.05, 0.1) is 38.4 Å². The Labute approximate surface area is 225 Å². The van der Waals surface area contributed by atoms with E-state index in [4.69, 9.17) is 24.2 Å². The van der Waals surface area contributed by atoms with E-state index in [-0.39, 0.29) is 0 Å². The molecule has 200 valence electrons. The Morgan fingerprint density at radius 3 is 2.33 bits per heavy atom. The van der Waals surface area contributed by atoms with Gasteiger partial charge in [-0.15, -0.1) is 0 Å². The molecule has 0 aliphatic carbocycles. The Balaban J connectivity index is 1.81. The Bertz CT molecular complexity index is 1660. The predicted molar refractivity (Wildman–Crippen MR) is 144 cm³/mol. The van der Waals surface area contributed by atoms with Crippen LogP contribution in [0.1, 0.15) is 24.4 Å². The van der Waals surface area contributed by atoms with Crippen LogP contribution in [0.2, 0.25) is 0 Å². The number of pyridine rings is 2. The molecule has 0 aliphatic rings. The number of nitrogens with zero attached hydrogens (tertiary/aromatic N) is 6. The minimum absolute atomic E-state index is 0.302. The Kier molecular flexibility index (Phi) is 7.61. The lowest BCUT2D eigenvalue weighted by Gasteiger charge is -2.17. The van der Waals surface area contributed by atoms with E-state index in [2.05, 4.69) is 19.7 Å². The maximum atomic E-state index is 11.7. The summed E-state index contributed by atoms with van der Waals surface area (Å²) in [7, 11) is 0.119. The van der Waals surface area contributed by atoms with E-state index in [1.807, 2.05) is 13.0 Å². The van der Waals surface area contributed by atoms with Gasteiger partial charge in [-0.05, 0) is 37.3 Å². The molecule has 0 fully saturated rings. The molecular formula is C26H25N7O5S. The highest BCUT2D eigenvalue weighted by Crippen LogP contribution is 2.38. The molecule has 0 saturated heterocycles. The third kappa shape index (κ3) is 5.22. The van der Waals surface area contributed by atoms with Gasteiger partial charge >= 0.3 is 0 Å². The fourth-order valence-corrected chi connectivity index (χ4v) is 4.62. The van der Waals surface area contributed by atoms with Crippen LogP contribution in [0.4, 0.5) is 0 Å². The lowest BCUT2D eigenvalue weighted by molar-refractivity contribution is 0.327. The summed E-state index contributed by atoms with van der Waals surface area (Å²) >= 11 is 0. The molecule has 0 radical (unpaired) electrons. The number of nitrogens with one attached hydrogen (secondary N) is 1. The molecule has 5 aromatic rings. The third-order valence-electron chi connectivity index (χ3n) is 5.77. The van der Waals surface area contributed by atoms with Crippen LogP contribution in [0.3, 0.4) is 0 Å². The number of thiol groups is 1. The van der Waals surface area contributed by atoms with Crippen LogP contribution in [-0.2, 0) is 10.9 Å². The maximum absolute atomic E-state index is 11.7. The summed E-state index contributed by atoms with van der Waals surface area (Å²) in [5.41, 5.74) is 2.43. The van der Waals surface area contributed by atoms with Gasteiger partial charge in [0.2, 0.25) is 16.8 Å². The van der Waals surface area contributed by atoms with Crippen molar-refractivity contribution in [2.45, 2.75) is 13.0 Å². The molecule has 4 aromatic heterocycles. The zero-order valence-electron chi connectivity index (χ0n) is 21.3. The quantitative estimate of drug-likeness (QED) is 0.251. The van der Waals surface area contributed by atoms with Crippen molar-refractivity contribution < 1.29 is 22.6 Å². The number of hydrogen-bond acceptors (Lipinski definition) is 10. The summed E-state index contributed by atoms with van der Waals surface area (Å²) in [5.74, 6) is 1.82. The minimum Gasteiger partial charge on any atom is -0.494 e. The smallest absolute Gasteiger partial charge is 0.213 e. The van der Waals surface area contributed by atoms with Gasteiger partial charge < -0.3 is 14.2 Å². The van der Waals surface area contributed by atoms with Crippen LogP contribution < -0.4 is 18.9 Å². The second-order valence-corrected chi connectivity index (χ2v) is 8.86. The van der Waals surface area contributed by atoms with Gasteiger partial charge in [0.1, 0.15) is 28.9 Å². The highest BCUT2D eigenvalue weighted by molar-refractivity contribution is 7.70. The fraction of sp³-hybridized carbons (Fsp3) is 0.192. The number of rotatable bonds is 10. The Hall–Kier alpha value is -4.62. The lowest BCUT2D eigenvalue weighted by Crippen LogP contribution is -2.23. The largest absolute Gasteiger partial charge is 0.494 e. The molecule has 5 rings (SSSR count). The van der Waals surface area contributed by atoms with Gasteiger partial charge in [-0.25, -0.2) is 33.1 Å². The summed E-state index contributed by atoms with van der Waals surface area (Å²) in [5, 5.41) is 0. The number of hydrogen-bond donors (Lipinski definition) is 2. The van der Waals surface area contributed by atoms with E-state index in [0.717, 1.165) is 0 Å². The van der Waals surface area contributed by atoms with E-state index >= 15 is 0 Å². The number of methoxy groups -OCH3 is 2. The van der Waals surface area contributed by atoms with Crippen LogP contribution in [0.25, 0.3) is 28.5 Å². The van der Waals surface area contributed by atoms with Gasteiger partial charge in [-0.2, -0.15) is 0 Å². The van der Waals surface area contributed by atoms with Gasteiger partial charge in [0.25, 0.3) is 0 Å². The van der Waals surface area contributed by atoms with Gasteiger partial charge in [-0.1, -0.05) is 18.2 Å². The van der Waals surface area contributed by atoms with Crippen LogP contribution in [-0.4, -0.2) is 58.7 Å². The first-order valence-corrected chi connectivity index (χ1v) is 13.1. The molecule has 4 heterocycles. The van der Waals surface area contributed by atoms with Crippen molar-refractivity contribution in [1.29, 1.82) is 0 Å². The zero-order valence-corrected chi connectivity index (χ0v) is 22.2. The number of para-hydroxylation sites is 1. The molecule has 0 spiro atoms. The van der Waals surface area contributed by atoms with Crippen molar-refractivity contribution in [1.82, 2.24) is 34.2 Å². The monoisotopic (exact) mass is 547 g/mol. The molecule has 1 atom stereocenters. The van der Waals surface area contributed by atoms with Crippen LogP contribution >= 0.6 is 0 Å². The maximum Gasteiger partial charge on any atom is 0.213 e. The standard InChI is InChI=1S/C26H25N7O5S/c1-4-38-21-13-7-10-17(29-21)25-31-24-26(33(25)23-19(36-2)11-8-12-20(23)37-3)30-18(15-28-24)22(32-39(34)35)16-9-5-6-14-27-16/h5-15,22,39H,4H2,1-3H3,(H,32,34,35). The number of aromatic nitrogens is 6. The topological polar surface area (TPSA) is 143 Å². The van der Waals surface area contributed by atoms with Gasteiger partial charge in [-0.3, -0.25) is 9.55 Å². The molecule has 0 aliphatic heterocycles. The van der Waals surface area contributed by atoms with E-state index in [1.165, 1.54) is 6.20 Å². The van der Waals surface area contributed by atoms with Crippen molar-refractivity contribution in [2.24, 2.45) is 0 Å². The average Bonchev–Trinajstić information content (AvgIpc) is 3.34. The molecule has 1 unspecified atom stereocenters. The Morgan fingerprint density at radius 2 is 1.67 bits per heavy atom. The summed E-state index contributed by atoms with van der Waals surface area (Å²) in [6.07, 6.45) is 3.05. The number of benzene rings is 1. The van der Waals surface area contributed by atoms with Crippen molar-refractivity contribution >= 4 is 22.2 Å². The molecular weight excluding hydrogens is 522 g/mol. The number of fused-ring (bicyclic) bond motifs is 1. The second-order valence-electron chi connectivity index (χ2n) is 8.09.